The summed E-state index contributed by atoms with van der Waals surface area (Å²) < 4.78 is 59.1. The van der Waals surface area contributed by atoms with Crippen molar-refractivity contribution in [1.29, 1.82) is 0 Å². The monoisotopic (exact) mass is 917 g/mol. The van der Waals surface area contributed by atoms with Gasteiger partial charge < -0.3 is 34.3 Å². The van der Waals surface area contributed by atoms with E-state index in [0.29, 0.717) is 13.0 Å². The number of allylic oxidation sites excluding steroid dienone is 6. The van der Waals surface area contributed by atoms with Crippen LogP contribution in [0.15, 0.2) is 36.5 Å². The normalized spacial score (nSPS) is 20.1. The Kier molecular flexibility index (Phi) is 39.3. The molecule has 6 unspecified atom stereocenters. The van der Waals surface area contributed by atoms with Gasteiger partial charge in [0.25, 0.3) is 0 Å². The smallest absolute Gasteiger partial charge is 0.397 e. The van der Waals surface area contributed by atoms with E-state index in [1.807, 2.05) is 0 Å². The molecule has 6 atom stereocenters. The van der Waals surface area contributed by atoms with Gasteiger partial charge in [0.2, 0.25) is 0 Å². The highest BCUT2D eigenvalue weighted by molar-refractivity contribution is 7.80. The molecule has 63 heavy (non-hydrogen) atoms. The number of unbranched alkanes of at least 4 members (excludes halogenated alkanes) is 25. The van der Waals surface area contributed by atoms with Gasteiger partial charge in [0.15, 0.2) is 6.29 Å². The number of esters is 1. The Labute approximate surface area is 383 Å². The number of aliphatic hydroxyl groups excluding tert-OH is 3. The van der Waals surface area contributed by atoms with Crippen molar-refractivity contribution >= 4 is 16.4 Å². The van der Waals surface area contributed by atoms with E-state index in [0.717, 1.165) is 57.8 Å². The highest BCUT2D eigenvalue weighted by atomic mass is 32.3. The highest BCUT2D eigenvalue weighted by Crippen LogP contribution is 2.26. The number of aliphatic hydroxyl groups is 3. The van der Waals surface area contributed by atoms with Crippen LogP contribution in [-0.4, -0.2) is 97.5 Å². The second-order valence-corrected chi connectivity index (χ2v) is 18.5. The molecule has 1 heterocycles. The molecule has 1 rings (SSSR count). The van der Waals surface area contributed by atoms with E-state index in [2.05, 4.69) is 54.5 Å². The molecule has 1 aliphatic rings. The van der Waals surface area contributed by atoms with Gasteiger partial charge in [-0.3, -0.25) is 9.35 Å². The molecule has 12 nitrogen and oxygen atoms in total. The van der Waals surface area contributed by atoms with Crippen LogP contribution in [-0.2, 0) is 38.3 Å². The summed E-state index contributed by atoms with van der Waals surface area (Å²) in [5, 5.41) is 30.7. The summed E-state index contributed by atoms with van der Waals surface area (Å²) >= 11 is 0. The SMILES string of the molecule is CCCCCCC/C=C\C/C=C\C/C=C\CCCCCCCCCCCCC(=O)OC(COCCCCCCCCCCCCC)COC1OC(CO)C(O)C(OS(=O)(=O)O)C1O. The lowest BCUT2D eigenvalue weighted by Gasteiger charge is -2.41. The number of rotatable bonds is 44. The third-order valence-corrected chi connectivity index (χ3v) is 12.0. The van der Waals surface area contributed by atoms with Gasteiger partial charge >= 0.3 is 16.4 Å². The molecular formula is C50H92O12S. The number of carbonyl (C=O) groups is 1. The van der Waals surface area contributed by atoms with Gasteiger partial charge in [0.1, 0.15) is 30.5 Å². The fraction of sp³-hybridized carbons (Fsp3) is 0.860. The first-order chi connectivity index (χ1) is 30.6. The third-order valence-electron chi connectivity index (χ3n) is 11.5. The van der Waals surface area contributed by atoms with Gasteiger partial charge in [-0.15, -0.1) is 0 Å². The van der Waals surface area contributed by atoms with Crippen LogP contribution in [0.4, 0.5) is 0 Å². The summed E-state index contributed by atoms with van der Waals surface area (Å²) in [6.07, 6.45) is 40.4. The summed E-state index contributed by atoms with van der Waals surface area (Å²) in [5.41, 5.74) is 0. The van der Waals surface area contributed by atoms with E-state index < -0.39 is 59.8 Å². The van der Waals surface area contributed by atoms with Gasteiger partial charge in [0, 0.05) is 13.0 Å². The van der Waals surface area contributed by atoms with Gasteiger partial charge in [-0.05, 0) is 51.4 Å². The predicted molar refractivity (Wildman–Crippen MR) is 253 cm³/mol. The second-order valence-electron chi connectivity index (χ2n) is 17.4. The second kappa shape index (κ2) is 41.7. The molecule has 0 spiro atoms. The molecule has 0 amide bonds. The van der Waals surface area contributed by atoms with Crippen molar-refractivity contribution in [3.05, 3.63) is 36.5 Å². The lowest BCUT2D eigenvalue weighted by Crippen LogP contribution is -2.60. The Morgan fingerprint density at radius 3 is 1.52 bits per heavy atom. The average molecular weight is 917 g/mol. The molecule has 1 aliphatic heterocycles. The van der Waals surface area contributed by atoms with Crippen LogP contribution in [0.3, 0.4) is 0 Å². The molecule has 0 aromatic rings. The lowest BCUT2D eigenvalue weighted by molar-refractivity contribution is -0.301. The minimum atomic E-state index is -5.06. The van der Waals surface area contributed by atoms with Crippen molar-refractivity contribution in [2.24, 2.45) is 0 Å². The zero-order valence-corrected chi connectivity index (χ0v) is 40.5. The van der Waals surface area contributed by atoms with Gasteiger partial charge in [-0.25, -0.2) is 4.18 Å². The van der Waals surface area contributed by atoms with Crippen LogP contribution in [0.5, 0.6) is 0 Å². The average Bonchev–Trinajstić information content (AvgIpc) is 3.26. The van der Waals surface area contributed by atoms with Crippen LogP contribution >= 0.6 is 0 Å². The highest BCUT2D eigenvalue weighted by Gasteiger charge is 2.48. The standard InChI is InChI=1S/C50H92O12S/c1-3-5-7-9-11-13-15-16-17-18-19-20-21-22-23-24-25-26-27-28-29-31-33-35-37-39-46(52)60-44(42-58-40-38-36-34-32-30-14-12-10-8-6-4-2)43-59-50-48(54)49(62-63(55,56)57)47(53)45(41-51)61-50/h15-16,18-19,21-22,44-45,47-51,53-54H,3-14,17,20,23-43H2,1-2H3,(H,55,56,57)/b16-15-,19-18-,22-21-. The molecule has 0 bridgehead atoms. The van der Waals surface area contributed by atoms with Gasteiger partial charge in [-0.2, -0.15) is 8.42 Å². The van der Waals surface area contributed by atoms with Crippen molar-refractivity contribution < 1.29 is 56.2 Å². The first-order valence-electron chi connectivity index (χ1n) is 25.2. The van der Waals surface area contributed by atoms with Gasteiger partial charge in [-0.1, -0.05) is 192 Å². The van der Waals surface area contributed by atoms with Crippen molar-refractivity contribution in [1.82, 2.24) is 0 Å². The zero-order valence-electron chi connectivity index (χ0n) is 39.6. The van der Waals surface area contributed by atoms with Crippen molar-refractivity contribution in [3.8, 4) is 0 Å². The van der Waals surface area contributed by atoms with Crippen LogP contribution in [0.1, 0.15) is 213 Å². The van der Waals surface area contributed by atoms with Crippen molar-refractivity contribution in [3.63, 3.8) is 0 Å². The molecule has 0 aromatic heterocycles. The van der Waals surface area contributed by atoms with E-state index in [1.54, 1.807) is 0 Å². The van der Waals surface area contributed by atoms with Crippen LogP contribution in [0.25, 0.3) is 0 Å². The fourth-order valence-corrected chi connectivity index (χ4v) is 8.19. The maximum absolute atomic E-state index is 12.9. The summed E-state index contributed by atoms with van der Waals surface area (Å²) in [6, 6.07) is 0. The third kappa shape index (κ3) is 35.2. The zero-order chi connectivity index (χ0) is 46.1. The predicted octanol–water partition coefficient (Wildman–Crippen LogP) is 11.4. The maximum Gasteiger partial charge on any atom is 0.397 e. The summed E-state index contributed by atoms with van der Waals surface area (Å²) in [5.74, 6) is -0.402. The minimum Gasteiger partial charge on any atom is -0.457 e. The molecule has 13 heteroatoms. The van der Waals surface area contributed by atoms with Crippen molar-refractivity contribution in [2.75, 3.05) is 26.4 Å². The topological polar surface area (TPSA) is 178 Å². The van der Waals surface area contributed by atoms with Crippen LogP contribution in [0.2, 0.25) is 0 Å². The van der Waals surface area contributed by atoms with Gasteiger partial charge in [0.05, 0.1) is 19.8 Å². The largest absolute Gasteiger partial charge is 0.457 e. The maximum atomic E-state index is 12.9. The fourth-order valence-electron chi connectivity index (χ4n) is 7.68. The van der Waals surface area contributed by atoms with Crippen molar-refractivity contribution in [2.45, 2.75) is 250 Å². The first kappa shape index (κ1) is 59.3. The molecule has 4 N–H and O–H groups in total. The molecule has 0 aliphatic carbocycles. The minimum absolute atomic E-state index is 0.0370. The molecular weight excluding hydrogens is 825 g/mol. The quantitative estimate of drug-likeness (QED) is 0.0197. The summed E-state index contributed by atoms with van der Waals surface area (Å²) in [4.78, 5) is 12.9. The Balaban J connectivity index is 2.31. The number of hydrogen-bond donors (Lipinski definition) is 4. The molecule has 1 saturated heterocycles. The van der Waals surface area contributed by atoms with Crippen LogP contribution in [0, 0.1) is 0 Å². The Morgan fingerprint density at radius 2 is 1.05 bits per heavy atom. The Bertz CT molecular complexity index is 1240. The molecule has 1 fully saturated rings. The van der Waals surface area contributed by atoms with E-state index in [9.17, 15) is 28.5 Å². The summed E-state index contributed by atoms with van der Waals surface area (Å²) in [7, 11) is -5.06. The number of ether oxygens (including phenoxy) is 4. The number of hydrogen-bond acceptors (Lipinski definition) is 11. The number of carbonyl (C=O) groups excluding carboxylic acids is 1. The first-order valence-corrected chi connectivity index (χ1v) is 26.6. The molecule has 0 radical (unpaired) electrons. The van der Waals surface area contributed by atoms with E-state index in [4.69, 9.17) is 23.5 Å². The lowest BCUT2D eigenvalue weighted by atomic mass is 9.99. The summed E-state index contributed by atoms with van der Waals surface area (Å²) in [6.45, 7) is 3.99. The van der Waals surface area contributed by atoms with E-state index in [-0.39, 0.29) is 19.6 Å². The molecule has 0 aromatic carbocycles. The van der Waals surface area contributed by atoms with Crippen LogP contribution < -0.4 is 0 Å². The molecule has 370 valence electrons. The molecule has 0 saturated carbocycles. The van der Waals surface area contributed by atoms with E-state index in [1.165, 1.54) is 128 Å². The Morgan fingerprint density at radius 1 is 0.603 bits per heavy atom. The van der Waals surface area contributed by atoms with E-state index >= 15 is 0 Å². The Hall–Kier alpha value is -1.68.